The average Bonchev–Trinajstić information content (AvgIpc) is 2.75. The molecule has 29 heavy (non-hydrogen) atoms. The minimum absolute atomic E-state index is 0.201. The normalized spacial score (nSPS) is 10.4. The van der Waals surface area contributed by atoms with Crippen LogP contribution in [0.3, 0.4) is 0 Å². The van der Waals surface area contributed by atoms with Crippen LogP contribution in [0.4, 0.5) is 0 Å². The number of benzene rings is 2. The number of carbonyl (C=O) groups is 2. The SMILES string of the molecule is COc1cc(C(=O)COC(=O)c2cc(=O)c3ccccc3o2)cc(OC)c1OC. The van der Waals surface area contributed by atoms with Crippen molar-refractivity contribution >= 4 is 22.7 Å². The van der Waals surface area contributed by atoms with Gasteiger partial charge in [-0.1, -0.05) is 12.1 Å². The smallest absolute Gasteiger partial charge is 0.374 e. The van der Waals surface area contributed by atoms with E-state index in [1.54, 1.807) is 24.3 Å². The van der Waals surface area contributed by atoms with Gasteiger partial charge in [0.25, 0.3) is 0 Å². The molecule has 8 nitrogen and oxygen atoms in total. The van der Waals surface area contributed by atoms with E-state index in [0.29, 0.717) is 22.6 Å². The summed E-state index contributed by atoms with van der Waals surface area (Å²) in [6.45, 7) is -0.561. The lowest BCUT2D eigenvalue weighted by molar-refractivity contribution is 0.0444. The van der Waals surface area contributed by atoms with E-state index in [-0.39, 0.29) is 22.3 Å². The molecule has 0 N–H and O–H groups in total. The number of para-hydroxylation sites is 1. The molecule has 1 aromatic heterocycles. The van der Waals surface area contributed by atoms with Gasteiger partial charge in [0.1, 0.15) is 5.58 Å². The van der Waals surface area contributed by atoms with E-state index in [2.05, 4.69) is 0 Å². The Kier molecular flexibility index (Phi) is 5.82. The number of methoxy groups -OCH3 is 3. The molecule has 0 aliphatic rings. The van der Waals surface area contributed by atoms with Gasteiger partial charge in [0, 0.05) is 11.6 Å². The van der Waals surface area contributed by atoms with Crippen molar-refractivity contribution in [3.63, 3.8) is 0 Å². The maximum absolute atomic E-state index is 12.5. The summed E-state index contributed by atoms with van der Waals surface area (Å²) in [7, 11) is 4.29. The zero-order chi connectivity index (χ0) is 21.0. The highest BCUT2D eigenvalue weighted by Gasteiger charge is 2.20. The number of ketones is 1. The van der Waals surface area contributed by atoms with Gasteiger partial charge in [0.15, 0.2) is 23.5 Å². The molecule has 1 heterocycles. The maximum Gasteiger partial charge on any atom is 0.374 e. The van der Waals surface area contributed by atoms with E-state index in [1.165, 1.54) is 33.5 Å². The lowest BCUT2D eigenvalue weighted by atomic mass is 10.1. The van der Waals surface area contributed by atoms with Gasteiger partial charge >= 0.3 is 5.97 Å². The molecule has 0 saturated carbocycles. The van der Waals surface area contributed by atoms with Crippen molar-refractivity contribution in [2.45, 2.75) is 0 Å². The molecule has 0 unspecified atom stereocenters. The van der Waals surface area contributed by atoms with Gasteiger partial charge in [-0.15, -0.1) is 0 Å². The Balaban J connectivity index is 1.79. The Hall–Kier alpha value is -3.81. The van der Waals surface area contributed by atoms with Crippen molar-refractivity contribution in [1.82, 2.24) is 0 Å². The van der Waals surface area contributed by atoms with E-state index < -0.39 is 18.4 Å². The number of carbonyl (C=O) groups excluding carboxylic acids is 2. The van der Waals surface area contributed by atoms with Crippen LogP contribution in [0.5, 0.6) is 17.2 Å². The van der Waals surface area contributed by atoms with Crippen molar-refractivity contribution < 1.29 is 33.0 Å². The number of hydrogen-bond donors (Lipinski definition) is 0. The summed E-state index contributed by atoms with van der Waals surface area (Å²) in [5.74, 6) is -0.786. The van der Waals surface area contributed by atoms with Gasteiger partial charge in [-0.2, -0.15) is 0 Å². The molecule has 0 aliphatic heterocycles. The molecular weight excluding hydrogens is 380 g/mol. The summed E-state index contributed by atoms with van der Waals surface area (Å²) in [4.78, 5) is 36.8. The highest BCUT2D eigenvalue weighted by molar-refractivity contribution is 6.00. The molecule has 2 aromatic carbocycles. The first-order valence-corrected chi connectivity index (χ1v) is 8.51. The fourth-order valence-electron chi connectivity index (χ4n) is 2.73. The molecule has 0 radical (unpaired) electrons. The second kappa shape index (κ2) is 8.47. The number of esters is 1. The van der Waals surface area contributed by atoms with Gasteiger partial charge in [-0.05, 0) is 24.3 Å². The quantitative estimate of drug-likeness (QED) is 0.442. The Bertz CT molecular complexity index is 1100. The second-order valence-electron chi connectivity index (χ2n) is 5.88. The minimum atomic E-state index is -0.923. The fraction of sp³-hybridized carbons (Fsp3) is 0.190. The lowest BCUT2D eigenvalue weighted by Crippen LogP contribution is -2.16. The monoisotopic (exact) mass is 398 g/mol. The highest BCUT2D eigenvalue weighted by Crippen LogP contribution is 2.38. The second-order valence-corrected chi connectivity index (χ2v) is 5.88. The van der Waals surface area contributed by atoms with Crippen molar-refractivity contribution in [2.75, 3.05) is 27.9 Å². The molecule has 3 aromatic rings. The molecule has 0 aliphatic carbocycles. The zero-order valence-electron chi connectivity index (χ0n) is 16.0. The maximum atomic E-state index is 12.5. The third-order valence-electron chi connectivity index (χ3n) is 4.16. The summed E-state index contributed by atoms with van der Waals surface area (Å²) < 4.78 is 26.0. The van der Waals surface area contributed by atoms with E-state index in [9.17, 15) is 14.4 Å². The largest absolute Gasteiger partial charge is 0.493 e. The minimum Gasteiger partial charge on any atom is -0.493 e. The fourth-order valence-corrected chi connectivity index (χ4v) is 2.73. The van der Waals surface area contributed by atoms with Gasteiger partial charge in [-0.25, -0.2) is 4.79 Å². The van der Waals surface area contributed by atoms with Crippen LogP contribution >= 0.6 is 0 Å². The molecule has 0 spiro atoms. The van der Waals surface area contributed by atoms with Gasteiger partial charge in [0.2, 0.25) is 17.3 Å². The van der Waals surface area contributed by atoms with Crippen LogP contribution < -0.4 is 19.6 Å². The topological polar surface area (TPSA) is 101 Å². The average molecular weight is 398 g/mol. The Morgan fingerprint density at radius 2 is 1.59 bits per heavy atom. The lowest BCUT2D eigenvalue weighted by Gasteiger charge is -2.13. The molecular formula is C21H18O8. The van der Waals surface area contributed by atoms with E-state index in [0.717, 1.165) is 6.07 Å². The van der Waals surface area contributed by atoms with Crippen LogP contribution in [-0.4, -0.2) is 39.7 Å². The van der Waals surface area contributed by atoms with Crippen LogP contribution in [0.25, 0.3) is 11.0 Å². The van der Waals surface area contributed by atoms with Crippen molar-refractivity contribution in [3.8, 4) is 17.2 Å². The van der Waals surface area contributed by atoms with Crippen molar-refractivity contribution in [2.24, 2.45) is 0 Å². The standard InChI is InChI=1S/C21H18O8/c1-25-17-8-12(9-18(26-2)20(17)27-3)15(23)11-28-21(24)19-10-14(22)13-6-4-5-7-16(13)29-19/h4-10H,11H2,1-3H3. The summed E-state index contributed by atoms with van der Waals surface area (Å²) in [6, 6.07) is 10.5. The van der Waals surface area contributed by atoms with Crippen LogP contribution in [-0.2, 0) is 4.74 Å². The Labute approximate surface area is 165 Å². The van der Waals surface area contributed by atoms with Crippen LogP contribution in [0.2, 0.25) is 0 Å². The number of fused-ring (bicyclic) bond motifs is 1. The third kappa shape index (κ3) is 4.06. The first-order chi connectivity index (χ1) is 14.0. The first-order valence-electron chi connectivity index (χ1n) is 8.51. The third-order valence-corrected chi connectivity index (χ3v) is 4.16. The van der Waals surface area contributed by atoms with E-state index >= 15 is 0 Å². The first kappa shape index (κ1) is 19.9. The zero-order valence-corrected chi connectivity index (χ0v) is 16.0. The summed E-state index contributed by atoms with van der Waals surface area (Å²) >= 11 is 0. The number of ether oxygens (including phenoxy) is 4. The molecule has 3 rings (SSSR count). The van der Waals surface area contributed by atoms with Crippen molar-refractivity contribution in [1.29, 1.82) is 0 Å². The number of Topliss-reactive ketones (excluding diaryl/α,β-unsaturated/α-hetero) is 1. The molecule has 0 saturated heterocycles. The van der Waals surface area contributed by atoms with Crippen LogP contribution in [0, 0.1) is 0 Å². The number of rotatable bonds is 7. The van der Waals surface area contributed by atoms with Gasteiger partial charge in [0.05, 0.1) is 26.7 Å². The molecule has 150 valence electrons. The molecule has 0 amide bonds. The van der Waals surface area contributed by atoms with Crippen LogP contribution in [0.15, 0.2) is 51.7 Å². The molecule has 8 heteroatoms. The Morgan fingerprint density at radius 3 is 2.21 bits per heavy atom. The van der Waals surface area contributed by atoms with Gasteiger partial charge < -0.3 is 23.4 Å². The van der Waals surface area contributed by atoms with Crippen molar-refractivity contribution in [3.05, 3.63) is 64.0 Å². The molecule has 0 fully saturated rings. The molecule has 0 bridgehead atoms. The summed E-state index contributed by atoms with van der Waals surface area (Å²) in [5.41, 5.74) is 0.0740. The van der Waals surface area contributed by atoms with E-state index in [1.807, 2.05) is 0 Å². The molecule has 0 atom stereocenters. The number of hydrogen-bond acceptors (Lipinski definition) is 8. The predicted octanol–water partition coefficient (Wildman–Crippen LogP) is 2.86. The van der Waals surface area contributed by atoms with Crippen LogP contribution in [0.1, 0.15) is 20.9 Å². The highest BCUT2D eigenvalue weighted by atomic mass is 16.5. The van der Waals surface area contributed by atoms with E-state index in [4.69, 9.17) is 23.4 Å². The van der Waals surface area contributed by atoms with Gasteiger partial charge in [-0.3, -0.25) is 9.59 Å². The summed E-state index contributed by atoms with van der Waals surface area (Å²) in [6.07, 6.45) is 0. The Morgan fingerprint density at radius 1 is 0.931 bits per heavy atom. The predicted molar refractivity (Wildman–Crippen MR) is 103 cm³/mol. The summed E-state index contributed by atoms with van der Waals surface area (Å²) in [5, 5.41) is 0.345.